The lowest BCUT2D eigenvalue weighted by molar-refractivity contribution is -0.137. The molecule has 1 amide bonds. The lowest BCUT2D eigenvalue weighted by atomic mass is 10.2. The van der Waals surface area contributed by atoms with Crippen molar-refractivity contribution in [3.8, 4) is 0 Å². The number of unbranched alkanes of at least 4 members (excludes halogenated alkanes) is 1. The average molecular weight is 337 g/mol. The van der Waals surface area contributed by atoms with Gasteiger partial charge in [0.15, 0.2) is 0 Å². The maximum Gasteiger partial charge on any atom is 0.416 e. The summed E-state index contributed by atoms with van der Waals surface area (Å²) in [5.41, 5.74) is 0.479. The van der Waals surface area contributed by atoms with Crippen molar-refractivity contribution in [3.63, 3.8) is 0 Å². The molecule has 4 nitrogen and oxygen atoms in total. The van der Waals surface area contributed by atoms with Crippen LogP contribution in [0.3, 0.4) is 0 Å². The molecule has 128 valence electrons. The number of rotatable bonds is 6. The molecule has 2 aromatic rings. The van der Waals surface area contributed by atoms with E-state index < -0.39 is 17.6 Å². The SMILES string of the molecule is CCCCNc1ccnc(C(=O)Nc2ccc(C(F)(F)F)cc2)c1. The van der Waals surface area contributed by atoms with Crippen LogP contribution in [0.2, 0.25) is 0 Å². The number of nitrogens with one attached hydrogen (secondary N) is 2. The van der Waals surface area contributed by atoms with Crippen LogP contribution in [0.1, 0.15) is 35.8 Å². The molecule has 1 aromatic heterocycles. The molecule has 0 aliphatic rings. The standard InChI is InChI=1S/C17H18F3N3O/c1-2-3-9-21-14-8-10-22-15(11-14)16(24)23-13-6-4-12(5-7-13)17(18,19)20/h4-8,10-11H,2-3,9H2,1H3,(H,21,22)(H,23,24). The van der Waals surface area contributed by atoms with Crippen LogP contribution in [0, 0.1) is 0 Å². The van der Waals surface area contributed by atoms with E-state index in [2.05, 4.69) is 22.5 Å². The number of amides is 1. The molecule has 0 radical (unpaired) electrons. The normalized spacial score (nSPS) is 11.2. The molecule has 0 saturated heterocycles. The first kappa shape index (κ1) is 17.8. The smallest absolute Gasteiger partial charge is 0.385 e. The van der Waals surface area contributed by atoms with Gasteiger partial charge in [0.05, 0.1) is 5.56 Å². The van der Waals surface area contributed by atoms with Gasteiger partial charge >= 0.3 is 6.18 Å². The molecule has 1 heterocycles. The van der Waals surface area contributed by atoms with E-state index in [0.717, 1.165) is 37.2 Å². The zero-order chi connectivity index (χ0) is 17.6. The minimum Gasteiger partial charge on any atom is -0.385 e. The van der Waals surface area contributed by atoms with Crippen molar-refractivity contribution in [2.75, 3.05) is 17.2 Å². The summed E-state index contributed by atoms with van der Waals surface area (Å²) in [7, 11) is 0. The molecule has 24 heavy (non-hydrogen) atoms. The highest BCUT2D eigenvalue weighted by molar-refractivity contribution is 6.03. The molecular formula is C17H18F3N3O. The van der Waals surface area contributed by atoms with Crippen LogP contribution in [0.4, 0.5) is 24.5 Å². The number of carbonyl (C=O) groups excluding carboxylic acids is 1. The second-order valence-corrected chi connectivity index (χ2v) is 5.24. The first-order chi connectivity index (χ1) is 11.4. The first-order valence-electron chi connectivity index (χ1n) is 7.58. The van der Waals surface area contributed by atoms with E-state index in [1.54, 1.807) is 12.1 Å². The molecule has 0 atom stereocenters. The number of hydrogen-bond acceptors (Lipinski definition) is 3. The van der Waals surface area contributed by atoms with Crippen LogP contribution in [0.5, 0.6) is 0 Å². The summed E-state index contributed by atoms with van der Waals surface area (Å²) in [5.74, 6) is -0.478. The Morgan fingerprint density at radius 3 is 2.46 bits per heavy atom. The second kappa shape index (κ2) is 7.81. The topological polar surface area (TPSA) is 54.0 Å². The van der Waals surface area contributed by atoms with Crippen molar-refractivity contribution in [1.82, 2.24) is 4.98 Å². The molecule has 0 bridgehead atoms. The Hall–Kier alpha value is -2.57. The summed E-state index contributed by atoms with van der Waals surface area (Å²) in [6, 6.07) is 7.63. The fraction of sp³-hybridized carbons (Fsp3) is 0.294. The fourth-order valence-corrected chi connectivity index (χ4v) is 2.01. The monoisotopic (exact) mass is 337 g/mol. The molecule has 2 rings (SSSR count). The number of nitrogens with zero attached hydrogens (tertiary/aromatic N) is 1. The van der Waals surface area contributed by atoms with Crippen molar-refractivity contribution in [2.24, 2.45) is 0 Å². The van der Waals surface area contributed by atoms with Crippen LogP contribution in [0.25, 0.3) is 0 Å². The van der Waals surface area contributed by atoms with Gasteiger partial charge in [-0.05, 0) is 42.8 Å². The number of alkyl halides is 3. The van der Waals surface area contributed by atoms with Gasteiger partial charge in [-0.15, -0.1) is 0 Å². The molecule has 7 heteroatoms. The molecule has 0 aliphatic carbocycles. The van der Waals surface area contributed by atoms with Crippen molar-refractivity contribution < 1.29 is 18.0 Å². The number of aromatic nitrogens is 1. The Morgan fingerprint density at radius 1 is 1.12 bits per heavy atom. The van der Waals surface area contributed by atoms with E-state index in [4.69, 9.17) is 0 Å². The molecular weight excluding hydrogens is 319 g/mol. The zero-order valence-electron chi connectivity index (χ0n) is 13.2. The third-order valence-electron chi connectivity index (χ3n) is 3.32. The highest BCUT2D eigenvalue weighted by Gasteiger charge is 2.30. The van der Waals surface area contributed by atoms with Crippen LogP contribution in [-0.4, -0.2) is 17.4 Å². The van der Waals surface area contributed by atoms with Gasteiger partial charge in [0.25, 0.3) is 5.91 Å². The largest absolute Gasteiger partial charge is 0.416 e. The lowest BCUT2D eigenvalue weighted by Crippen LogP contribution is -2.14. The summed E-state index contributed by atoms with van der Waals surface area (Å²) in [4.78, 5) is 16.1. The van der Waals surface area contributed by atoms with Gasteiger partial charge < -0.3 is 10.6 Å². The summed E-state index contributed by atoms with van der Waals surface area (Å²) in [6.07, 6.45) is -0.826. The Bertz CT molecular complexity index is 684. The van der Waals surface area contributed by atoms with Gasteiger partial charge in [0, 0.05) is 24.1 Å². The molecule has 0 spiro atoms. The van der Waals surface area contributed by atoms with Gasteiger partial charge in [0.2, 0.25) is 0 Å². The Kier molecular flexibility index (Phi) is 5.78. The Labute approximate surface area is 138 Å². The van der Waals surface area contributed by atoms with Gasteiger partial charge in [-0.2, -0.15) is 13.2 Å². The Balaban J connectivity index is 2.03. The molecule has 2 N–H and O–H groups in total. The van der Waals surface area contributed by atoms with E-state index in [0.29, 0.717) is 0 Å². The minimum absolute atomic E-state index is 0.191. The second-order valence-electron chi connectivity index (χ2n) is 5.24. The van der Waals surface area contributed by atoms with Gasteiger partial charge in [-0.25, -0.2) is 0 Å². The highest BCUT2D eigenvalue weighted by atomic mass is 19.4. The molecule has 0 unspecified atom stereocenters. The van der Waals surface area contributed by atoms with Crippen LogP contribution in [0.15, 0.2) is 42.6 Å². The van der Waals surface area contributed by atoms with E-state index in [9.17, 15) is 18.0 Å². The maximum absolute atomic E-state index is 12.5. The zero-order valence-corrected chi connectivity index (χ0v) is 13.2. The molecule has 1 aromatic carbocycles. The predicted octanol–water partition coefficient (Wildman–Crippen LogP) is 4.56. The molecule has 0 saturated carbocycles. The fourth-order valence-electron chi connectivity index (χ4n) is 2.01. The predicted molar refractivity (Wildman–Crippen MR) is 87.0 cm³/mol. The Morgan fingerprint density at radius 2 is 1.83 bits per heavy atom. The summed E-state index contributed by atoms with van der Waals surface area (Å²) in [6.45, 7) is 2.87. The van der Waals surface area contributed by atoms with Crippen LogP contribution < -0.4 is 10.6 Å². The van der Waals surface area contributed by atoms with Gasteiger partial charge in [0.1, 0.15) is 5.69 Å². The minimum atomic E-state index is -4.40. The van der Waals surface area contributed by atoms with Crippen molar-refractivity contribution in [2.45, 2.75) is 25.9 Å². The van der Waals surface area contributed by atoms with Crippen molar-refractivity contribution in [1.29, 1.82) is 0 Å². The maximum atomic E-state index is 12.5. The number of benzene rings is 1. The molecule has 0 aliphatic heterocycles. The number of anilines is 2. The number of halogens is 3. The van der Waals surface area contributed by atoms with E-state index >= 15 is 0 Å². The highest BCUT2D eigenvalue weighted by Crippen LogP contribution is 2.29. The van der Waals surface area contributed by atoms with Crippen LogP contribution in [-0.2, 0) is 6.18 Å². The van der Waals surface area contributed by atoms with Crippen molar-refractivity contribution in [3.05, 3.63) is 53.9 Å². The third kappa shape index (κ3) is 4.97. The van der Waals surface area contributed by atoms with Gasteiger partial charge in [-0.1, -0.05) is 13.3 Å². The van der Waals surface area contributed by atoms with E-state index in [-0.39, 0.29) is 11.4 Å². The quantitative estimate of drug-likeness (QED) is 0.760. The lowest BCUT2D eigenvalue weighted by Gasteiger charge is -2.09. The van der Waals surface area contributed by atoms with Crippen molar-refractivity contribution >= 4 is 17.3 Å². The van der Waals surface area contributed by atoms with Crippen LogP contribution >= 0.6 is 0 Å². The van der Waals surface area contributed by atoms with E-state index in [1.807, 2.05) is 0 Å². The summed E-state index contributed by atoms with van der Waals surface area (Å²) in [5, 5.41) is 5.72. The van der Waals surface area contributed by atoms with Gasteiger partial charge in [-0.3, -0.25) is 9.78 Å². The third-order valence-corrected chi connectivity index (χ3v) is 3.32. The summed E-state index contributed by atoms with van der Waals surface area (Å²) >= 11 is 0. The number of pyridine rings is 1. The number of hydrogen-bond donors (Lipinski definition) is 2. The first-order valence-corrected chi connectivity index (χ1v) is 7.58. The molecule has 0 fully saturated rings. The summed E-state index contributed by atoms with van der Waals surface area (Å²) < 4.78 is 37.5. The average Bonchev–Trinajstić information content (AvgIpc) is 2.55. The number of carbonyl (C=O) groups is 1. The van der Waals surface area contributed by atoms with E-state index in [1.165, 1.54) is 18.3 Å².